The van der Waals surface area contributed by atoms with Crippen molar-refractivity contribution in [1.29, 1.82) is 0 Å². The molecule has 0 unspecified atom stereocenters. The van der Waals surface area contributed by atoms with E-state index in [4.69, 9.17) is 9.47 Å². The lowest BCUT2D eigenvalue weighted by Crippen LogP contribution is -2.01. The van der Waals surface area contributed by atoms with Crippen LogP contribution in [0.5, 0.6) is 11.5 Å². The zero-order valence-electron chi connectivity index (χ0n) is 11.7. The molecule has 2 rings (SSSR count). The molecule has 0 spiro atoms. The molecule has 0 amide bonds. The number of thioether (sulfide) groups is 1. The lowest BCUT2D eigenvalue weighted by Gasteiger charge is -2.03. The molecule has 0 heterocycles. The number of benzene rings is 2. The summed E-state index contributed by atoms with van der Waals surface area (Å²) in [6.45, 7) is 0. The number of hydrogen-bond acceptors (Lipinski definition) is 5. The number of methoxy groups -OCH3 is 2. The van der Waals surface area contributed by atoms with Crippen molar-refractivity contribution in [3.63, 3.8) is 0 Å². The van der Waals surface area contributed by atoms with Crippen LogP contribution in [-0.2, 0) is 0 Å². The normalized spacial score (nSPS) is 10.0. The smallest absolute Gasteiger partial charge is 0.227 e. The van der Waals surface area contributed by atoms with E-state index in [2.05, 4.69) is 0 Å². The maximum Gasteiger partial charge on any atom is 0.227 e. The molecule has 0 aliphatic carbocycles. The predicted octanol–water partition coefficient (Wildman–Crippen LogP) is 3.42. The molecule has 0 atom stereocenters. The second-order valence-corrected chi connectivity index (χ2v) is 5.08. The van der Waals surface area contributed by atoms with Crippen LogP contribution in [0.1, 0.15) is 20.7 Å². The van der Waals surface area contributed by atoms with Crippen LogP contribution in [0.15, 0.2) is 48.5 Å². The first-order valence-electron chi connectivity index (χ1n) is 6.18. The first-order chi connectivity index (χ1) is 10.1. The van der Waals surface area contributed by atoms with E-state index < -0.39 is 0 Å². The SMILES string of the molecule is COc1ccc(C(=O)SC(=O)c2ccc(OC)cc2)cc1. The van der Waals surface area contributed by atoms with Crippen LogP contribution in [-0.4, -0.2) is 24.5 Å². The van der Waals surface area contributed by atoms with E-state index in [0.29, 0.717) is 34.4 Å². The average molecular weight is 302 g/mol. The Morgan fingerprint density at radius 3 is 1.33 bits per heavy atom. The van der Waals surface area contributed by atoms with Crippen molar-refractivity contribution in [2.45, 2.75) is 0 Å². The molecule has 0 N–H and O–H groups in total. The number of hydrogen-bond donors (Lipinski definition) is 0. The zero-order chi connectivity index (χ0) is 15.2. The minimum atomic E-state index is -0.293. The van der Waals surface area contributed by atoms with Crippen molar-refractivity contribution in [2.24, 2.45) is 0 Å². The molecule has 0 fully saturated rings. The van der Waals surface area contributed by atoms with Crippen LogP contribution in [0.3, 0.4) is 0 Å². The molecule has 2 aromatic rings. The summed E-state index contributed by atoms with van der Waals surface area (Å²) in [5.41, 5.74) is 0.922. The topological polar surface area (TPSA) is 52.6 Å². The summed E-state index contributed by atoms with van der Waals surface area (Å²) in [7, 11) is 3.11. The molecule has 0 saturated carbocycles. The van der Waals surface area contributed by atoms with Crippen LogP contribution < -0.4 is 9.47 Å². The van der Waals surface area contributed by atoms with Gasteiger partial charge in [0.2, 0.25) is 10.2 Å². The molecular weight excluding hydrogens is 288 g/mol. The highest BCUT2D eigenvalue weighted by atomic mass is 32.2. The third-order valence-electron chi connectivity index (χ3n) is 2.84. The summed E-state index contributed by atoms with van der Waals surface area (Å²) in [5.74, 6) is 1.33. The van der Waals surface area contributed by atoms with E-state index in [0.717, 1.165) is 0 Å². The first kappa shape index (κ1) is 15.1. The molecule has 5 heteroatoms. The first-order valence-corrected chi connectivity index (χ1v) is 7.00. The summed E-state index contributed by atoms with van der Waals surface area (Å²) in [4.78, 5) is 24.1. The zero-order valence-corrected chi connectivity index (χ0v) is 12.5. The van der Waals surface area contributed by atoms with E-state index >= 15 is 0 Å². The summed E-state index contributed by atoms with van der Waals surface area (Å²) >= 11 is 0.673. The summed E-state index contributed by atoms with van der Waals surface area (Å²) in [5, 5.41) is -0.586. The fourth-order valence-corrected chi connectivity index (χ4v) is 2.33. The molecule has 0 bridgehead atoms. The average Bonchev–Trinajstić information content (AvgIpc) is 2.55. The summed E-state index contributed by atoms with van der Waals surface area (Å²) < 4.78 is 10.0. The van der Waals surface area contributed by atoms with Gasteiger partial charge in [0.25, 0.3) is 0 Å². The van der Waals surface area contributed by atoms with Gasteiger partial charge in [-0.3, -0.25) is 9.59 Å². The fourth-order valence-electron chi connectivity index (χ4n) is 1.66. The monoisotopic (exact) mass is 302 g/mol. The van der Waals surface area contributed by atoms with Crippen molar-refractivity contribution >= 4 is 22.0 Å². The van der Waals surface area contributed by atoms with Crippen molar-refractivity contribution in [3.8, 4) is 11.5 Å². The minimum absolute atomic E-state index is 0.293. The second-order valence-electron chi connectivity index (χ2n) is 4.13. The van der Waals surface area contributed by atoms with Crippen molar-refractivity contribution in [2.75, 3.05) is 14.2 Å². The predicted molar refractivity (Wildman–Crippen MR) is 82.2 cm³/mol. The van der Waals surface area contributed by atoms with E-state index in [-0.39, 0.29) is 10.2 Å². The number of ether oxygens (including phenoxy) is 2. The van der Waals surface area contributed by atoms with Gasteiger partial charge in [-0.25, -0.2) is 0 Å². The third kappa shape index (κ3) is 3.86. The largest absolute Gasteiger partial charge is 0.497 e. The molecule has 2 aromatic carbocycles. The van der Waals surface area contributed by atoms with Crippen molar-refractivity contribution < 1.29 is 19.1 Å². The minimum Gasteiger partial charge on any atom is -0.497 e. The Balaban J connectivity index is 2.05. The van der Waals surface area contributed by atoms with Crippen LogP contribution in [0.4, 0.5) is 0 Å². The van der Waals surface area contributed by atoms with Gasteiger partial charge in [0, 0.05) is 11.1 Å². The molecule has 0 aliphatic rings. The highest BCUT2D eigenvalue weighted by Crippen LogP contribution is 2.21. The maximum absolute atomic E-state index is 12.0. The third-order valence-corrected chi connectivity index (χ3v) is 3.68. The van der Waals surface area contributed by atoms with Crippen LogP contribution in [0.2, 0.25) is 0 Å². The quantitative estimate of drug-likeness (QED) is 0.866. The highest BCUT2D eigenvalue weighted by molar-refractivity contribution is 8.26. The van der Waals surface area contributed by atoms with Gasteiger partial charge in [0.15, 0.2) is 0 Å². The van der Waals surface area contributed by atoms with Gasteiger partial charge in [0.1, 0.15) is 11.5 Å². The maximum atomic E-state index is 12.0. The van der Waals surface area contributed by atoms with Gasteiger partial charge in [-0.15, -0.1) is 0 Å². The summed E-state index contributed by atoms with van der Waals surface area (Å²) in [6, 6.07) is 13.3. The molecule has 0 saturated heterocycles. The van der Waals surface area contributed by atoms with E-state index in [1.165, 1.54) is 0 Å². The van der Waals surface area contributed by atoms with Gasteiger partial charge in [-0.05, 0) is 60.3 Å². The molecule has 0 radical (unpaired) electrons. The molecule has 21 heavy (non-hydrogen) atoms. The Morgan fingerprint density at radius 2 is 1.05 bits per heavy atom. The summed E-state index contributed by atoms with van der Waals surface area (Å²) in [6.07, 6.45) is 0. The Kier molecular flexibility index (Phi) is 5.00. The van der Waals surface area contributed by atoms with Gasteiger partial charge < -0.3 is 9.47 Å². The van der Waals surface area contributed by atoms with Gasteiger partial charge >= 0.3 is 0 Å². The van der Waals surface area contributed by atoms with Gasteiger partial charge in [0.05, 0.1) is 14.2 Å². The molecule has 4 nitrogen and oxygen atoms in total. The number of carbonyl (C=O) groups is 2. The van der Waals surface area contributed by atoms with Gasteiger partial charge in [-0.1, -0.05) is 0 Å². The molecule has 0 aromatic heterocycles. The van der Waals surface area contributed by atoms with E-state index in [1.54, 1.807) is 62.8 Å². The lowest BCUT2D eigenvalue weighted by atomic mass is 10.2. The number of rotatable bonds is 4. The lowest BCUT2D eigenvalue weighted by molar-refractivity contribution is 0.106. The number of carbonyl (C=O) groups excluding carboxylic acids is 2. The van der Waals surface area contributed by atoms with Gasteiger partial charge in [-0.2, -0.15) is 0 Å². The Labute approximate surface area is 127 Å². The molecular formula is C16H14O4S. The van der Waals surface area contributed by atoms with Crippen LogP contribution in [0.25, 0.3) is 0 Å². The molecule has 0 aliphatic heterocycles. The van der Waals surface area contributed by atoms with E-state index in [9.17, 15) is 9.59 Å². The van der Waals surface area contributed by atoms with E-state index in [1.807, 2.05) is 0 Å². The van der Waals surface area contributed by atoms with Crippen molar-refractivity contribution in [1.82, 2.24) is 0 Å². The standard InChI is InChI=1S/C16H14O4S/c1-19-13-7-3-11(4-8-13)15(17)21-16(18)12-5-9-14(20-2)10-6-12/h3-10H,1-2H3. The fraction of sp³-hybridized carbons (Fsp3) is 0.125. The Bertz CT molecular complexity index is 575. The second kappa shape index (κ2) is 6.95. The molecule has 108 valence electrons. The Hall–Kier alpha value is -2.27. The van der Waals surface area contributed by atoms with Crippen molar-refractivity contribution in [3.05, 3.63) is 59.7 Å². The van der Waals surface area contributed by atoms with Crippen LogP contribution in [0, 0.1) is 0 Å². The van der Waals surface area contributed by atoms with Crippen LogP contribution >= 0.6 is 11.8 Å². The Morgan fingerprint density at radius 1 is 0.714 bits per heavy atom. The highest BCUT2D eigenvalue weighted by Gasteiger charge is 2.15.